The molecule has 0 unspecified atom stereocenters. The van der Waals surface area contributed by atoms with Gasteiger partial charge in [-0.2, -0.15) is 0 Å². The maximum atomic E-state index is 12.7. The molecule has 5 rings (SSSR count). The van der Waals surface area contributed by atoms with Crippen LogP contribution >= 0.6 is 0 Å². The highest BCUT2D eigenvalue weighted by Gasteiger charge is 2.18. The summed E-state index contributed by atoms with van der Waals surface area (Å²) in [6, 6.07) is 14.2. The van der Waals surface area contributed by atoms with Gasteiger partial charge in [-0.25, -0.2) is 4.98 Å². The van der Waals surface area contributed by atoms with Gasteiger partial charge in [0.05, 0.1) is 17.2 Å². The lowest BCUT2D eigenvalue weighted by molar-refractivity contribution is 0.0724. The predicted octanol–water partition coefficient (Wildman–Crippen LogP) is 4.91. The number of anilines is 1. The van der Waals surface area contributed by atoms with Crippen LogP contribution in [0.1, 0.15) is 48.9 Å². The standard InChI is InChI=1S/C25H28N4O/c30-25(29-15-5-2-6-16-29)20-9-7-19(8-10-20)21-11-12-22-23(17-21)27-24(18-26-22)28-13-3-1-4-14-28/h7-12,17-18H,1-6,13-16H2. The summed E-state index contributed by atoms with van der Waals surface area (Å²) in [5, 5.41) is 0. The van der Waals surface area contributed by atoms with Crippen LogP contribution in [0.15, 0.2) is 48.7 Å². The van der Waals surface area contributed by atoms with Gasteiger partial charge in [0, 0.05) is 31.7 Å². The Labute approximate surface area is 177 Å². The van der Waals surface area contributed by atoms with Crippen molar-refractivity contribution in [1.29, 1.82) is 0 Å². The van der Waals surface area contributed by atoms with E-state index in [-0.39, 0.29) is 5.91 Å². The SMILES string of the molecule is O=C(c1ccc(-c2ccc3ncc(N4CCCCC4)nc3c2)cc1)N1CCCCC1. The van der Waals surface area contributed by atoms with Gasteiger partial charge >= 0.3 is 0 Å². The minimum atomic E-state index is 0.150. The number of aromatic nitrogens is 2. The van der Waals surface area contributed by atoms with Crippen LogP contribution in [-0.4, -0.2) is 47.0 Å². The molecule has 2 aliphatic heterocycles. The molecule has 5 heteroatoms. The molecule has 2 fully saturated rings. The second kappa shape index (κ2) is 8.42. The summed E-state index contributed by atoms with van der Waals surface area (Å²) < 4.78 is 0. The minimum Gasteiger partial charge on any atom is -0.355 e. The van der Waals surface area contributed by atoms with Crippen molar-refractivity contribution in [3.63, 3.8) is 0 Å². The second-order valence-electron chi connectivity index (χ2n) is 8.41. The molecule has 0 radical (unpaired) electrons. The minimum absolute atomic E-state index is 0.150. The molecule has 5 nitrogen and oxygen atoms in total. The van der Waals surface area contributed by atoms with Crippen molar-refractivity contribution < 1.29 is 4.79 Å². The number of amides is 1. The molecule has 0 N–H and O–H groups in total. The van der Waals surface area contributed by atoms with E-state index in [1.807, 2.05) is 41.4 Å². The van der Waals surface area contributed by atoms with Crippen molar-refractivity contribution in [3.05, 3.63) is 54.2 Å². The Morgan fingerprint density at radius 1 is 0.733 bits per heavy atom. The lowest BCUT2D eigenvalue weighted by atomic mass is 10.0. The van der Waals surface area contributed by atoms with Crippen LogP contribution in [0.25, 0.3) is 22.2 Å². The Kier molecular flexibility index (Phi) is 5.35. The molecular formula is C25H28N4O. The smallest absolute Gasteiger partial charge is 0.253 e. The van der Waals surface area contributed by atoms with Crippen molar-refractivity contribution in [3.8, 4) is 11.1 Å². The highest BCUT2D eigenvalue weighted by Crippen LogP contribution is 2.26. The molecule has 2 saturated heterocycles. The molecule has 2 aliphatic rings. The van der Waals surface area contributed by atoms with E-state index in [1.165, 1.54) is 25.7 Å². The number of hydrogen-bond acceptors (Lipinski definition) is 4. The zero-order valence-corrected chi connectivity index (χ0v) is 17.4. The van der Waals surface area contributed by atoms with Crippen LogP contribution in [0.3, 0.4) is 0 Å². The van der Waals surface area contributed by atoms with Gasteiger partial charge in [0.1, 0.15) is 5.82 Å². The first-order chi connectivity index (χ1) is 14.8. The molecule has 0 bridgehead atoms. The van der Waals surface area contributed by atoms with Gasteiger partial charge in [-0.05, 0) is 73.9 Å². The maximum Gasteiger partial charge on any atom is 0.253 e. The summed E-state index contributed by atoms with van der Waals surface area (Å²) in [4.78, 5) is 26.5. The number of piperidine rings is 2. The number of benzene rings is 2. The van der Waals surface area contributed by atoms with Gasteiger partial charge in [-0.3, -0.25) is 9.78 Å². The normalized spacial score (nSPS) is 17.3. The van der Waals surface area contributed by atoms with E-state index in [0.29, 0.717) is 0 Å². The third-order valence-electron chi connectivity index (χ3n) is 6.32. The van der Waals surface area contributed by atoms with E-state index in [4.69, 9.17) is 4.98 Å². The number of likely N-dealkylation sites (tertiary alicyclic amines) is 1. The fraction of sp³-hybridized carbons (Fsp3) is 0.400. The molecule has 154 valence electrons. The van der Waals surface area contributed by atoms with Crippen molar-refractivity contribution >= 4 is 22.8 Å². The number of nitrogens with zero attached hydrogens (tertiary/aromatic N) is 4. The Morgan fingerprint density at radius 2 is 1.40 bits per heavy atom. The first-order valence-corrected chi connectivity index (χ1v) is 11.2. The van der Waals surface area contributed by atoms with Crippen molar-refractivity contribution in [1.82, 2.24) is 14.9 Å². The molecule has 0 saturated carbocycles. The number of hydrogen-bond donors (Lipinski definition) is 0. The fourth-order valence-corrected chi connectivity index (χ4v) is 4.54. The zero-order valence-electron chi connectivity index (χ0n) is 17.4. The molecule has 3 aromatic rings. The first kappa shape index (κ1) is 19.0. The van der Waals surface area contributed by atoms with Crippen LogP contribution in [-0.2, 0) is 0 Å². The molecule has 30 heavy (non-hydrogen) atoms. The van der Waals surface area contributed by atoms with E-state index in [9.17, 15) is 4.79 Å². The monoisotopic (exact) mass is 400 g/mol. The topological polar surface area (TPSA) is 49.3 Å². The summed E-state index contributed by atoms with van der Waals surface area (Å²) in [5.74, 6) is 1.12. The Morgan fingerprint density at radius 3 is 2.13 bits per heavy atom. The van der Waals surface area contributed by atoms with Crippen LogP contribution in [0.2, 0.25) is 0 Å². The van der Waals surface area contributed by atoms with Crippen molar-refractivity contribution in [2.45, 2.75) is 38.5 Å². The molecule has 1 amide bonds. The highest BCUT2D eigenvalue weighted by molar-refractivity contribution is 5.95. The van der Waals surface area contributed by atoms with Gasteiger partial charge < -0.3 is 9.80 Å². The lowest BCUT2D eigenvalue weighted by Crippen LogP contribution is -2.35. The Bertz CT molecular complexity index is 1030. The summed E-state index contributed by atoms with van der Waals surface area (Å²) >= 11 is 0. The number of rotatable bonds is 3. The number of carbonyl (C=O) groups is 1. The van der Waals surface area contributed by atoms with E-state index in [0.717, 1.165) is 72.6 Å². The van der Waals surface area contributed by atoms with E-state index in [1.54, 1.807) is 0 Å². The number of fused-ring (bicyclic) bond motifs is 1. The molecule has 0 spiro atoms. The summed E-state index contributed by atoms with van der Waals surface area (Å²) in [5.41, 5.74) is 4.80. The highest BCUT2D eigenvalue weighted by atomic mass is 16.2. The quantitative estimate of drug-likeness (QED) is 0.627. The van der Waals surface area contributed by atoms with E-state index in [2.05, 4.69) is 22.0 Å². The largest absolute Gasteiger partial charge is 0.355 e. The van der Waals surface area contributed by atoms with E-state index < -0.39 is 0 Å². The van der Waals surface area contributed by atoms with Crippen LogP contribution in [0.5, 0.6) is 0 Å². The zero-order chi connectivity index (χ0) is 20.3. The number of carbonyl (C=O) groups excluding carboxylic acids is 1. The average molecular weight is 401 g/mol. The molecule has 0 atom stereocenters. The first-order valence-electron chi connectivity index (χ1n) is 11.2. The van der Waals surface area contributed by atoms with Gasteiger partial charge in [0.25, 0.3) is 5.91 Å². The summed E-state index contributed by atoms with van der Waals surface area (Å²) in [6.07, 6.45) is 9.10. The molecule has 1 aromatic heterocycles. The third-order valence-corrected chi connectivity index (χ3v) is 6.32. The van der Waals surface area contributed by atoms with Gasteiger partial charge in [0.15, 0.2) is 0 Å². The van der Waals surface area contributed by atoms with E-state index >= 15 is 0 Å². The van der Waals surface area contributed by atoms with Gasteiger partial charge in [-0.15, -0.1) is 0 Å². The summed E-state index contributed by atoms with van der Waals surface area (Å²) in [7, 11) is 0. The fourth-order valence-electron chi connectivity index (χ4n) is 4.54. The second-order valence-corrected chi connectivity index (χ2v) is 8.41. The molecular weight excluding hydrogens is 372 g/mol. The summed E-state index contributed by atoms with van der Waals surface area (Å²) in [6.45, 7) is 3.88. The molecule has 0 aliphatic carbocycles. The predicted molar refractivity (Wildman–Crippen MR) is 121 cm³/mol. The molecule has 2 aromatic carbocycles. The Balaban J connectivity index is 1.39. The maximum absolute atomic E-state index is 12.7. The third kappa shape index (κ3) is 3.89. The van der Waals surface area contributed by atoms with Gasteiger partial charge in [-0.1, -0.05) is 18.2 Å². The molecule has 3 heterocycles. The Hall–Kier alpha value is -2.95. The van der Waals surface area contributed by atoms with Crippen LogP contribution < -0.4 is 4.90 Å². The average Bonchev–Trinajstić information content (AvgIpc) is 2.84. The van der Waals surface area contributed by atoms with Crippen LogP contribution in [0, 0.1) is 0 Å². The van der Waals surface area contributed by atoms with Crippen molar-refractivity contribution in [2.75, 3.05) is 31.1 Å². The van der Waals surface area contributed by atoms with Gasteiger partial charge in [0.2, 0.25) is 0 Å². The lowest BCUT2D eigenvalue weighted by Gasteiger charge is -2.27. The van der Waals surface area contributed by atoms with Crippen LogP contribution in [0.4, 0.5) is 5.82 Å². The van der Waals surface area contributed by atoms with Crippen molar-refractivity contribution in [2.24, 2.45) is 0 Å².